The molecule has 158 valence electrons. The Kier molecular flexibility index (Phi) is 9.83. The Labute approximate surface area is 164 Å². The van der Waals surface area contributed by atoms with Gasteiger partial charge >= 0.3 is 6.18 Å². The summed E-state index contributed by atoms with van der Waals surface area (Å²) in [5, 5.41) is 3.21. The third-order valence-electron chi connectivity index (χ3n) is 4.72. The minimum atomic E-state index is -4.42. The fourth-order valence-corrected chi connectivity index (χ4v) is 3.51. The molecule has 0 aromatic carbocycles. The Morgan fingerprint density at radius 3 is 2.67 bits per heavy atom. The van der Waals surface area contributed by atoms with E-state index in [9.17, 15) is 22.8 Å². The normalized spacial score (nSPS) is 23.5. The molecule has 0 aliphatic carbocycles. The zero-order chi connectivity index (χ0) is 19.2. The molecule has 0 saturated carbocycles. The van der Waals surface area contributed by atoms with E-state index in [1.165, 1.54) is 0 Å². The topological polar surface area (TPSA) is 61.9 Å². The van der Waals surface area contributed by atoms with Crippen LogP contribution >= 0.6 is 12.4 Å². The number of nitrogens with one attached hydrogen (secondary N) is 1. The average molecular weight is 416 g/mol. The molecular weight excluding hydrogens is 387 g/mol. The van der Waals surface area contributed by atoms with E-state index >= 15 is 0 Å². The summed E-state index contributed by atoms with van der Waals surface area (Å²) >= 11 is 0. The highest BCUT2D eigenvalue weighted by Crippen LogP contribution is 2.23. The number of carbonyl (C=O) groups excluding carboxylic acids is 2. The van der Waals surface area contributed by atoms with Crippen LogP contribution in [0.3, 0.4) is 0 Å². The van der Waals surface area contributed by atoms with Crippen LogP contribution in [0.25, 0.3) is 0 Å². The van der Waals surface area contributed by atoms with E-state index in [1.54, 1.807) is 11.8 Å². The molecular formula is C17H29ClF3N3O3. The van der Waals surface area contributed by atoms with Crippen LogP contribution in [0.15, 0.2) is 0 Å². The van der Waals surface area contributed by atoms with Gasteiger partial charge in [0.05, 0.1) is 19.1 Å². The van der Waals surface area contributed by atoms with Crippen molar-refractivity contribution in [3.8, 4) is 0 Å². The third kappa shape index (κ3) is 7.83. The predicted molar refractivity (Wildman–Crippen MR) is 96.7 cm³/mol. The number of ether oxygens (including phenoxy) is 1. The first-order valence-corrected chi connectivity index (χ1v) is 9.24. The molecule has 0 radical (unpaired) electrons. The first-order valence-electron chi connectivity index (χ1n) is 9.24. The second-order valence-electron chi connectivity index (χ2n) is 6.98. The van der Waals surface area contributed by atoms with Crippen LogP contribution in [0.5, 0.6) is 0 Å². The number of halogens is 4. The highest BCUT2D eigenvalue weighted by atomic mass is 35.5. The molecule has 2 rings (SSSR count). The highest BCUT2D eigenvalue weighted by Gasteiger charge is 2.37. The lowest BCUT2D eigenvalue weighted by molar-refractivity contribution is -0.165. The zero-order valence-electron chi connectivity index (χ0n) is 15.6. The number of alkyl halides is 3. The molecule has 2 atom stereocenters. The molecule has 0 bridgehead atoms. The van der Waals surface area contributed by atoms with Gasteiger partial charge in [0.25, 0.3) is 0 Å². The average Bonchev–Trinajstić information content (AvgIpc) is 2.60. The van der Waals surface area contributed by atoms with Gasteiger partial charge in [-0.3, -0.25) is 9.59 Å². The van der Waals surface area contributed by atoms with Crippen molar-refractivity contribution >= 4 is 24.2 Å². The molecule has 2 aliphatic heterocycles. The van der Waals surface area contributed by atoms with Crippen LogP contribution in [0.1, 0.15) is 32.6 Å². The number of morpholine rings is 1. The SMILES string of the molecule is CCCN(CC(F)(F)F)C(=O)C1CCCN(C(=O)CC2COCCN2)C1.Cl. The number of hydrogen-bond acceptors (Lipinski definition) is 4. The van der Waals surface area contributed by atoms with Gasteiger partial charge in [-0.25, -0.2) is 0 Å². The first kappa shape index (κ1) is 24.0. The molecule has 0 aromatic rings. The lowest BCUT2D eigenvalue weighted by Crippen LogP contribution is -2.50. The summed E-state index contributed by atoms with van der Waals surface area (Å²) < 4.78 is 43.6. The van der Waals surface area contributed by atoms with Gasteiger partial charge in [0.15, 0.2) is 0 Å². The molecule has 27 heavy (non-hydrogen) atoms. The van der Waals surface area contributed by atoms with Crippen molar-refractivity contribution in [2.45, 2.75) is 44.8 Å². The molecule has 2 heterocycles. The second-order valence-corrected chi connectivity index (χ2v) is 6.98. The molecule has 1 N–H and O–H groups in total. The lowest BCUT2D eigenvalue weighted by Gasteiger charge is -2.36. The van der Waals surface area contributed by atoms with Crippen LogP contribution in [0.2, 0.25) is 0 Å². The third-order valence-corrected chi connectivity index (χ3v) is 4.72. The van der Waals surface area contributed by atoms with E-state index in [-0.39, 0.29) is 43.9 Å². The maximum atomic E-state index is 12.7. The predicted octanol–water partition coefficient (Wildman–Crippen LogP) is 1.83. The molecule has 2 aliphatic rings. The van der Waals surface area contributed by atoms with Gasteiger partial charge in [-0.2, -0.15) is 13.2 Å². The second kappa shape index (κ2) is 11.1. The molecule has 10 heteroatoms. The number of hydrogen-bond donors (Lipinski definition) is 1. The number of piperidine rings is 1. The Balaban J connectivity index is 0.00000364. The van der Waals surface area contributed by atoms with E-state index < -0.39 is 24.5 Å². The van der Waals surface area contributed by atoms with Gasteiger partial charge in [-0.1, -0.05) is 6.92 Å². The van der Waals surface area contributed by atoms with E-state index in [2.05, 4.69) is 5.32 Å². The monoisotopic (exact) mass is 415 g/mol. The lowest BCUT2D eigenvalue weighted by atomic mass is 9.95. The van der Waals surface area contributed by atoms with Crippen LogP contribution in [-0.4, -0.2) is 79.8 Å². The molecule has 0 aromatic heterocycles. The molecule has 2 fully saturated rings. The quantitative estimate of drug-likeness (QED) is 0.719. The summed E-state index contributed by atoms with van der Waals surface area (Å²) in [4.78, 5) is 27.6. The summed E-state index contributed by atoms with van der Waals surface area (Å²) in [6, 6.07) is -0.0471. The van der Waals surface area contributed by atoms with Crippen molar-refractivity contribution in [2.75, 3.05) is 45.9 Å². The van der Waals surface area contributed by atoms with Gasteiger partial charge < -0.3 is 19.9 Å². The first-order chi connectivity index (χ1) is 12.3. The fourth-order valence-electron chi connectivity index (χ4n) is 3.51. The van der Waals surface area contributed by atoms with E-state index in [1.807, 2.05) is 0 Å². The van der Waals surface area contributed by atoms with Gasteiger partial charge in [0.1, 0.15) is 6.54 Å². The van der Waals surface area contributed by atoms with Crippen LogP contribution in [0, 0.1) is 5.92 Å². The largest absolute Gasteiger partial charge is 0.406 e. The zero-order valence-corrected chi connectivity index (χ0v) is 16.4. The summed E-state index contributed by atoms with van der Waals surface area (Å²) in [5.74, 6) is -1.14. The maximum Gasteiger partial charge on any atom is 0.406 e. The Bertz CT molecular complexity index is 488. The summed E-state index contributed by atoms with van der Waals surface area (Å²) in [5.41, 5.74) is 0. The Morgan fingerprint density at radius 2 is 2.07 bits per heavy atom. The summed E-state index contributed by atoms with van der Waals surface area (Å²) in [6.45, 7) is 3.12. The van der Waals surface area contributed by atoms with Gasteiger partial charge in [-0.15, -0.1) is 12.4 Å². The van der Waals surface area contributed by atoms with Crippen molar-refractivity contribution < 1.29 is 27.5 Å². The minimum Gasteiger partial charge on any atom is -0.378 e. The molecule has 0 spiro atoms. The number of carbonyl (C=O) groups is 2. The Morgan fingerprint density at radius 1 is 1.33 bits per heavy atom. The molecule has 2 amide bonds. The number of likely N-dealkylation sites (tertiary alicyclic amines) is 1. The van der Waals surface area contributed by atoms with Crippen molar-refractivity contribution in [2.24, 2.45) is 5.92 Å². The van der Waals surface area contributed by atoms with Crippen LogP contribution in [0.4, 0.5) is 13.2 Å². The molecule has 2 saturated heterocycles. The van der Waals surface area contributed by atoms with Crippen molar-refractivity contribution in [3.63, 3.8) is 0 Å². The molecule has 6 nitrogen and oxygen atoms in total. The fraction of sp³-hybridized carbons (Fsp3) is 0.882. The highest BCUT2D eigenvalue weighted by molar-refractivity contribution is 5.85. The smallest absolute Gasteiger partial charge is 0.378 e. The van der Waals surface area contributed by atoms with Crippen molar-refractivity contribution in [1.82, 2.24) is 15.1 Å². The summed E-state index contributed by atoms with van der Waals surface area (Å²) in [7, 11) is 0. The molecule has 2 unspecified atom stereocenters. The standard InChI is InChI=1S/C17H28F3N3O3.ClH/c1-2-6-23(12-17(18,19)20)16(25)13-4-3-7-22(10-13)15(24)9-14-11-26-8-5-21-14;/h13-14,21H,2-12H2,1H3;1H. The van der Waals surface area contributed by atoms with Crippen LogP contribution < -0.4 is 5.32 Å². The van der Waals surface area contributed by atoms with Crippen molar-refractivity contribution in [3.05, 3.63) is 0 Å². The Hall–Kier alpha value is -1.06. The van der Waals surface area contributed by atoms with Gasteiger partial charge in [0.2, 0.25) is 11.8 Å². The van der Waals surface area contributed by atoms with Crippen molar-refractivity contribution in [1.29, 1.82) is 0 Å². The van der Waals surface area contributed by atoms with Gasteiger partial charge in [-0.05, 0) is 19.3 Å². The van der Waals surface area contributed by atoms with Crippen LogP contribution in [-0.2, 0) is 14.3 Å². The van der Waals surface area contributed by atoms with E-state index in [4.69, 9.17) is 4.74 Å². The number of amides is 2. The number of rotatable bonds is 6. The summed E-state index contributed by atoms with van der Waals surface area (Å²) in [6.07, 6.45) is -2.53. The number of nitrogens with zero attached hydrogens (tertiary/aromatic N) is 2. The minimum absolute atomic E-state index is 0. The maximum absolute atomic E-state index is 12.7. The van der Waals surface area contributed by atoms with Gasteiger partial charge in [0, 0.05) is 38.6 Å². The van der Waals surface area contributed by atoms with E-state index in [0.29, 0.717) is 45.6 Å². The van der Waals surface area contributed by atoms with E-state index in [0.717, 1.165) is 4.90 Å².